The molecule has 150 valence electrons. The number of ether oxygens (including phenoxy) is 1. The Morgan fingerprint density at radius 2 is 1.86 bits per heavy atom. The summed E-state index contributed by atoms with van der Waals surface area (Å²) in [4.78, 5) is 15.9. The number of carbonyl (C=O) groups is 1. The zero-order valence-electron chi connectivity index (χ0n) is 17.7. The molecule has 1 aromatic heterocycles. The molecule has 0 saturated heterocycles. The molecule has 1 unspecified atom stereocenters. The van der Waals surface area contributed by atoms with Gasteiger partial charge in [-0.3, -0.25) is 9.78 Å². The minimum atomic E-state index is 0.510. The number of aryl methyl sites for hydroxylation is 2. The monoisotopic (exact) mass is 388 g/mol. The van der Waals surface area contributed by atoms with Crippen LogP contribution in [-0.2, 0) is 4.79 Å². The smallest absolute Gasteiger partial charge is 0.211 e. The normalized spacial score (nSPS) is 11.8. The topological polar surface area (TPSA) is 51.2 Å². The highest BCUT2D eigenvalue weighted by molar-refractivity contribution is 5.99. The van der Waals surface area contributed by atoms with Crippen molar-refractivity contribution in [2.45, 2.75) is 40.0 Å². The van der Waals surface area contributed by atoms with E-state index in [0.717, 1.165) is 57.8 Å². The lowest BCUT2D eigenvalue weighted by atomic mass is 9.88. The molecule has 1 N–H and O–H groups in total. The average molecular weight is 389 g/mol. The van der Waals surface area contributed by atoms with Crippen molar-refractivity contribution in [2.24, 2.45) is 0 Å². The van der Waals surface area contributed by atoms with E-state index in [2.05, 4.69) is 48.4 Å². The van der Waals surface area contributed by atoms with Gasteiger partial charge in [0.05, 0.1) is 12.8 Å². The second-order valence-electron chi connectivity index (χ2n) is 7.35. The lowest BCUT2D eigenvalue weighted by molar-refractivity contribution is -0.105. The van der Waals surface area contributed by atoms with E-state index in [1.165, 1.54) is 5.56 Å². The van der Waals surface area contributed by atoms with Crippen molar-refractivity contribution in [3.8, 4) is 28.0 Å². The van der Waals surface area contributed by atoms with E-state index in [9.17, 15) is 4.79 Å². The first-order valence-corrected chi connectivity index (χ1v) is 9.95. The number of nitrogens with zero attached hydrogens (tertiary/aromatic N) is 1. The summed E-state index contributed by atoms with van der Waals surface area (Å²) in [6.07, 6.45) is 3.60. The zero-order valence-corrected chi connectivity index (χ0v) is 17.7. The molecule has 1 amide bonds. The summed E-state index contributed by atoms with van der Waals surface area (Å²) in [5.41, 5.74) is 7.82. The first kappa shape index (κ1) is 20.6. The molecule has 2 aromatic carbocycles. The lowest BCUT2D eigenvalue weighted by Crippen LogP contribution is -2.04. The molecular formula is C25H28N2O2. The number of hydrogen-bond donors (Lipinski definition) is 1. The maximum absolute atomic E-state index is 11.4. The van der Waals surface area contributed by atoms with Crippen LogP contribution >= 0.6 is 0 Å². The molecule has 0 aliphatic carbocycles. The van der Waals surface area contributed by atoms with Crippen LogP contribution in [-0.4, -0.2) is 18.5 Å². The highest BCUT2D eigenvalue weighted by Gasteiger charge is 2.21. The Balaban J connectivity index is 2.34. The van der Waals surface area contributed by atoms with Gasteiger partial charge in [-0.15, -0.1) is 0 Å². The predicted octanol–water partition coefficient (Wildman–Crippen LogP) is 6.12. The van der Waals surface area contributed by atoms with Crippen molar-refractivity contribution in [3.05, 3.63) is 65.5 Å². The van der Waals surface area contributed by atoms with Gasteiger partial charge < -0.3 is 10.1 Å². The van der Waals surface area contributed by atoms with Crippen LogP contribution in [0.2, 0.25) is 0 Å². The van der Waals surface area contributed by atoms with Gasteiger partial charge in [0.15, 0.2) is 0 Å². The number of rotatable bonds is 7. The zero-order chi connectivity index (χ0) is 21.0. The summed E-state index contributed by atoms with van der Waals surface area (Å²) in [7, 11) is 1.68. The van der Waals surface area contributed by atoms with Crippen molar-refractivity contribution in [3.63, 3.8) is 0 Å². The molecule has 0 bridgehead atoms. The molecule has 1 atom stereocenters. The van der Waals surface area contributed by atoms with Gasteiger partial charge in [-0.25, -0.2) is 0 Å². The number of nitrogens with one attached hydrogen (secondary N) is 1. The summed E-state index contributed by atoms with van der Waals surface area (Å²) in [6.45, 7) is 8.38. The van der Waals surface area contributed by atoms with Crippen LogP contribution in [0.15, 0.2) is 48.7 Å². The summed E-state index contributed by atoms with van der Waals surface area (Å²) < 4.78 is 5.78. The summed E-state index contributed by atoms with van der Waals surface area (Å²) >= 11 is 0. The summed E-state index contributed by atoms with van der Waals surface area (Å²) in [5.74, 6) is 1.28. The average Bonchev–Trinajstić information content (AvgIpc) is 2.75. The molecule has 0 fully saturated rings. The number of pyridine rings is 1. The second kappa shape index (κ2) is 8.91. The molecular weight excluding hydrogens is 360 g/mol. The first-order valence-electron chi connectivity index (χ1n) is 9.95. The van der Waals surface area contributed by atoms with E-state index >= 15 is 0 Å². The molecule has 3 rings (SSSR count). The Labute approximate surface area is 173 Å². The number of aromatic nitrogens is 1. The number of carbonyl (C=O) groups excluding carboxylic acids is 1. The van der Waals surface area contributed by atoms with Crippen LogP contribution < -0.4 is 10.1 Å². The van der Waals surface area contributed by atoms with Crippen molar-refractivity contribution in [1.29, 1.82) is 0 Å². The van der Waals surface area contributed by atoms with Crippen molar-refractivity contribution in [1.82, 2.24) is 4.98 Å². The Hall–Kier alpha value is -3.14. The fraction of sp³-hybridized carbons (Fsp3) is 0.280. The van der Waals surface area contributed by atoms with Crippen molar-refractivity contribution >= 4 is 12.1 Å². The Morgan fingerprint density at radius 1 is 1.14 bits per heavy atom. The number of benzene rings is 2. The van der Waals surface area contributed by atoms with E-state index in [4.69, 9.17) is 4.74 Å². The van der Waals surface area contributed by atoms with Gasteiger partial charge in [-0.1, -0.05) is 44.2 Å². The Bertz CT molecular complexity index is 1010. The molecule has 4 nitrogen and oxygen atoms in total. The fourth-order valence-electron chi connectivity index (χ4n) is 3.71. The van der Waals surface area contributed by atoms with E-state index < -0.39 is 0 Å². The van der Waals surface area contributed by atoms with Gasteiger partial charge in [0.2, 0.25) is 6.41 Å². The van der Waals surface area contributed by atoms with Gasteiger partial charge in [-0.2, -0.15) is 0 Å². The maximum atomic E-state index is 11.4. The van der Waals surface area contributed by atoms with Crippen molar-refractivity contribution in [2.75, 3.05) is 12.4 Å². The Morgan fingerprint density at radius 3 is 2.45 bits per heavy atom. The van der Waals surface area contributed by atoms with Crippen LogP contribution in [0.4, 0.5) is 5.69 Å². The molecule has 4 heteroatoms. The quantitative estimate of drug-likeness (QED) is 0.496. The summed E-state index contributed by atoms with van der Waals surface area (Å²) in [5, 5.41) is 2.91. The highest BCUT2D eigenvalue weighted by Crippen LogP contribution is 2.46. The number of anilines is 1. The molecule has 29 heavy (non-hydrogen) atoms. The minimum absolute atomic E-state index is 0.510. The molecule has 3 aromatic rings. The van der Waals surface area contributed by atoms with E-state index in [1.807, 2.05) is 32.0 Å². The number of methoxy groups -OCH3 is 1. The van der Waals surface area contributed by atoms with Crippen LogP contribution in [0.5, 0.6) is 5.75 Å². The third kappa shape index (κ3) is 4.02. The second-order valence-corrected chi connectivity index (χ2v) is 7.35. The molecule has 0 radical (unpaired) electrons. The van der Waals surface area contributed by atoms with Crippen LogP contribution in [0.25, 0.3) is 22.3 Å². The van der Waals surface area contributed by atoms with Crippen LogP contribution in [0.3, 0.4) is 0 Å². The summed E-state index contributed by atoms with van der Waals surface area (Å²) in [6, 6.07) is 14.5. The van der Waals surface area contributed by atoms with Crippen LogP contribution in [0.1, 0.15) is 43.0 Å². The lowest BCUT2D eigenvalue weighted by Gasteiger charge is -2.22. The minimum Gasteiger partial charge on any atom is -0.496 e. The molecule has 1 heterocycles. The van der Waals surface area contributed by atoms with E-state index in [0.29, 0.717) is 5.92 Å². The Kier molecular flexibility index (Phi) is 6.32. The SMILES string of the molecule is CCC(C)c1ccc(-c2c(OC)cc(C)c(NC=O)c2-c2cccnc2C)cc1. The van der Waals surface area contributed by atoms with Gasteiger partial charge >= 0.3 is 0 Å². The fourth-order valence-corrected chi connectivity index (χ4v) is 3.71. The third-order valence-corrected chi connectivity index (χ3v) is 5.57. The molecule has 0 saturated carbocycles. The van der Waals surface area contributed by atoms with E-state index in [1.54, 1.807) is 13.3 Å². The highest BCUT2D eigenvalue weighted by atomic mass is 16.5. The van der Waals surface area contributed by atoms with Crippen LogP contribution in [0, 0.1) is 13.8 Å². The van der Waals surface area contributed by atoms with Crippen molar-refractivity contribution < 1.29 is 9.53 Å². The largest absolute Gasteiger partial charge is 0.496 e. The van der Waals surface area contributed by atoms with Gasteiger partial charge in [0.1, 0.15) is 5.75 Å². The third-order valence-electron chi connectivity index (χ3n) is 5.57. The van der Waals surface area contributed by atoms with Gasteiger partial charge in [-0.05, 0) is 55.0 Å². The first-order chi connectivity index (χ1) is 14.0. The molecule has 0 aliphatic rings. The van der Waals surface area contributed by atoms with E-state index in [-0.39, 0.29) is 0 Å². The van der Waals surface area contributed by atoms with Gasteiger partial charge in [0.25, 0.3) is 0 Å². The van der Waals surface area contributed by atoms with Gasteiger partial charge in [0, 0.05) is 28.6 Å². The maximum Gasteiger partial charge on any atom is 0.211 e. The molecule has 0 spiro atoms. The number of hydrogen-bond acceptors (Lipinski definition) is 3. The number of amides is 1. The molecule has 0 aliphatic heterocycles. The predicted molar refractivity (Wildman–Crippen MR) is 120 cm³/mol. The standard InChI is InChI=1S/C25H28N2O2/c1-6-16(2)19-9-11-20(12-10-19)23-22(29-5)14-17(3)25(27-15-28)24(23)21-8-7-13-26-18(21)4/h7-16H,6H2,1-5H3,(H,27,28).